The van der Waals surface area contributed by atoms with Crippen molar-refractivity contribution < 1.29 is 19.4 Å². The monoisotopic (exact) mass is 397 g/mol. The van der Waals surface area contributed by atoms with E-state index in [4.69, 9.17) is 4.74 Å². The largest absolute Gasteiger partial charge is 0.504 e. The van der Waals surface area contributed by atoms with Crippen molar-refractivity contribution in [1.29, 1.82) is 0 Å². The Balaban J connectivity index is 2.07. The Labute approximate surface area is 150 Å². The summed E-state index contributed by atoms with van der Waals surface area (Å²) in [6.45, 7) is 2.01. The number of hydrogen-bond donors (Lipinski definition) is 1. The van der Waals surface area contributed by atoms with Gasteiger partial charge in [-0.05, 0) is 41.3 Å². The number of carbonyl (C=O) groups is 2. The molecular formula is C18H24BrNO4. The predicted molar refractivity (Wildman–Crippen MR) is 94.1 cm³/mol. The molecule has 1 saturated carbocycles. The van der Waals surface area contributed by atoms with Crippen LogP contribution in [0, 0.1) is 5.92 Å². The molecule has 0 unspecified atom stereocenters. The Morgan fingerprint density at radius 2 is 2.00 bits per heavy atom. The third kappa shape index (κ3) is 5.30. The second-order valence-electron chi connectivity index (χ2n) is 6.23. The lowest BCUT2D eigenvalue weighted by Crippen LogP contribution is -2.13. The first-order valence-corrected chi connectivity index (χ1v) is 9.37. The maximum atomic E-state index is 12.3. The summed E-state index contributed by atoms with van der Waals surface area (Å²) in [6.07, 6.45) is 6.96. The highest BCUT2D eigenvalue weighted by atomic mass is 79.9. The van der Waals surface area contributed by atoms with Gasteiger partial charge in [0.25, 0.3) is 0 Å². The van der Waals surface area contributed by atoms with Gasteiger partial charge in [-0.25, -0.2) is 4.98 Å². The van der Waals surface area contributed by atoms with Crippen molar-refractivity contribution in [2.75, 3.05) is 6.61 Å². The number of halogens is 1. The number of pyridine rings is 1. The molecule has 1 aromatic heterocycles. The van der Waals surface area contributed by atoms with Crippen LogP contribution in [0.25, 0.3) is 0 Å². The molecule has 0 aromatic carbocycles. The second kappa shape index (κ2) is 9.16. The van der Waals surface area contributed by atoms with E-state index in [2.05, 4.69) is 20.9 Å². The fraction of sp³-hybridized carbons (Fsp3) is 0.611. The maximum absolute atomic E-state index is 12.3. The van der Waals surface area contributed by atoms with Crippen molar-refractivity contribution in [3.8, 4) is 5.75 Å². The Bertz CT molecular complexity index is 597. The first kappa shape index (κ1) is 18.9. The molecule has 1 heterocycles. The van der Waals surface area contributed by atoms with Crippen LogP contribution in [0.5, 0.6) is 5.75 Å². The summed E-state index contributed by atoms with van der Waals surface area (Å²) >= 11 is 3.30. The quantitative estimate of drug-likeness (QED) is 0.550. The fourth-order valence-corrected chi connectivity index (χ4v) is 3.56. The zero-order valence-corrected chi connectivity index (χ0v) is 15.6. The second-order valence-corrected chi connectivity index (χ2v) is 7.08. The van der Waals surface area contributed by atoms with E-state index in [1.807, 2.05) is 0 Å². The third-order valence-corrected chi connectivity index (χ3v) is 4.95. The van der Waals surface area contributed by atoms with Crippen molar-refractivity contribution in [2.24, 2.45) is 5.92 Å². The molecule has 1 aliphatic rings. The van der Waals surface area contributed by atoms with E-state index in [9.17, 15) is 14.7 Å². The first-order chi connectivity index (χ1) is 11.5. The van der Waals surface area contributed by atoms with Crippen LogP contribution in [0.1, 0.15) is 68.1 Å². The molecule has 0 aliphatic heterocycles. The van der Waals surface area contributed by atoms with E-state index in [1.165, 1.54) is 32.1 Å². The minimum absolute atomic E-state index is 0.00172. The van der Waals surface area contributed by atoms with Gasteiger partial charge in [-0.3, -0.25) is 9.59 Å². The molecule has 0 radical (unpaired) electrons. The highest BCUT2D eigenvalue weighted by Crippen LogP contribution is 2.31. The predicted octanol–water partition coefficient (Wildman–Crippen LogP) is 4.20. The normalized spacial score (nSPS) is 15.2. The number of carbonyl (C=O) groups excluding carboxylic acids is 2. The van der Waals surface area contributed by atoms with Crippen molar-refractivity contribution in [2.45, 2.75) is 58.3 Å². The van der Waals surface area contributed by atoms with Gasteiger partial charge in [-0.2, -0.15) is 0 Å². The van der Waals surface area contributed by atoms with Crippen molar-refractivity contribution >= 4 is 27.7 Å². The number of aromatic nitrogens is 1. The van der Waals surface area contributed by atoms with E-state index in [1.54, 1.807) is 13.0 Å². The summed E-state index contributed by atoms with van der Waals surface area (Å²) in [5.41, 5.74) is 0.852. The average molecular weight is 398 g/mol. The number of ketones is 1. The highest BCUT2D eigenvalue weighted by Gasteiger charge is 2.21. The lowest BCUT2D eigenvalue weighted by Gasteiger charge is -2.21. The molecule has 0 bridgehead atoms. The zero-order valence-electron chi connectivity index (χ0n) is 14.0. The topological polar surface area (TPSA) is 76.5 Å². The minimum Gasteiger partial charge on any atom is -0.504 e. The smallest absolute Gasteiger partial charge is 0.306 e. The van der Waals surface area contributed by atoms with Crippen molar-refractivity contribution in [3.63, 3.8) is 0 Å². The Hall–Kier alpha value is -1.43. The molecule has 1 aromatic rings. The molecule has 1 aliphatic carbocycles. The van der Waals surface area contributed by atoms with Crippen LogP contribution in [-0.2, 0) is 16.0 Å². The van der Waals surface area contributed by atoms with Crippen LogP contribution >= 0.6 is 15.9 Å². The van der Waals surface area contributed by atoms with Crippen molar-refractivity contribution in [1.82, 2.24) is 4.98 Å². The van der Waals surface area contributed by atoms with E-state index >= 15 is 0 Å². The van der Waals surface area contributed by atoms with E-state index < -0.39 is 5.97 Å². The molecule has 24 heavy (non-hydrogen) atoms. The molecule has 2 rings (SSSR count). The van der Waals surface area contributed by atoms with Gasteiger partial charge in [0.1, 0.15) is 5.69 Å². The zero-order chi connectivity index (χ0) is 17.5. The molecule has 1 fully saturated rings. The Morgan fingerprint density at radius 1 is 1.29 bits per heavy atom. The summed E-state index contributed by atoms with van der Waals surface area (Å²) in [7, 11) is 0. The van der Waals surface area contributed by atoms with Gasteiger partial charge >= 0.3 is 5.97 Å². The number of aromatic hydroxyl groups is 1. The van der Waals surface area contributed by atoms with Gasteiger partial charge in [0, 0.05) is 12.1 Å². The molecule has 0 atom stereocenters. The lowest BCUT2D eigenvalue weighted by atomic mass is 9.86. The standard InChI is InChI=1S/C18H24BrNO4/c1-2-24-16(22)9-8-15(21)17-18(23)14(19)11-13(20-17)10-12-6-4-3-5-7-12/h11-12,23H,2-10H2,1H3. The van der Waals surface area contributed by atoms with Gasteiger partial charge in [-0.15, -0.1) is 0 Å². The SMILES string of the molecule is CCOC(=O)CCC(=O)c1nc(CC2CCCCC2)cc(Br)c1O. The summed E-state index contributed by atoms with van der Waals surface area (Å²) in [5.74, 6) is -0.323. The van der Waals surface area contributed by atoms with E-state index in [0.717, 1.165) is 12.1 Å². The molecule has 1 N–H and O–H groups in total. The average Bonchev–Trinajstić information content (AvgIpc) is 2.57. The van der Waals surface area contributed by atoms with E-state index in [-0.39, 0.29) is 30.1 Å². The lowest BCUT2D eigenvalue weighted by molar-refractivity contribution is -0.143. The number of esters is 1. The van der Waals surface area contributed by atoms with Gasteiger partial charge < -0.3 is 9.84 Å². The van der Waals surface area contributed by atoms with Gasteiger partial charge in [0.15, 0.2) is 11.5 Å². The highest BCUT2D eigenvalue weighted by molar-refractivity contribution is 9.10. The molecule has 0 amide bonds. The maximum Gasteiger partial charge on any atom is 0.306 e. The molecule has 132 valence electrons. The van der Waals surface area contributed by atoms with E-state index in [0.29, 0.717) is 17.0 Å². The molecule has 0 saturated heterocycles. The van der Waals surface area contributed by atoms with Crippen LogP contribution in [0.3, 0.4) is 0 Å². The summed E-state index contributed by atoms with van der Waals surface area (Å²) in [4.78, 5) is 28.1. The Kier molecular flexibility index (Phi) is 7.21. The van der Waals surface area contributed by atoms with Crippen LogP contribution < -0.4 is 0 Å². The summed E-state index contributed by atoms with van der Waals surface area (Å²) in [5, 5.41) is 10.1. The number of hydrogen-bond acceptors (Lipinski definition) is 5. The van der Waals surface area contributed by atoms with Crippen LogP contribution in [0.15, 0.2) is 10.5 Å². The van der Waals surface area contributed by atoms with Crippen molar-refractivity contribution in [3.05, 3.63) is 21.9 Å². The Morgan fingerprint density at radius 3 is 2.67 bits per heavy atom. The van der Waals surface area contributed by atoms with Gasteiger partial charge in [0.05, 0.1) is 17.5 Å². The van der Waals surface area contributed by atoms with Crippen LogP contribution in [0.4, 0.5) is 0 Å². The summed E-state index contributed by atoms with van der Waals surface area (Å²) in [6, 6.07) is 1.78. The van der Waals surface area contributed by atoms with Crippen LogP contribution in [-0.4, -0.2) is 28.4 Å². The van der Waals surface area contributed by atoms with Gasteiger partial charge in [0.2, 0.25) is 0 Å². The number of rotatable bonds is 7. The number of nitrogens with zero attached hydrogens (tertiary/aromatic N) is 1. The fourth-order valence-electron chi connectivity index (χ4n) is 3.11. The van der Waals surface area contributed by atoms with Crippen LogP contribution in [0.2, 0.25) is 0 Å². The molecule has 6 heteroatoms. The molecular weight excluding hydrogens is 374 g/mol. The molecule has 0 spiro atoms. The number of ether oxygens (including phenoxy) is 1. The first-order valence-electron chi connectivity index (χ1n) is 8.58. The van der Waals surface area contributed by atoms with Gasteiger partial charge in [-0.1, -0.05) is 32.1 Å². The minimum atomic E-state index is -0.414. The number of Topliss-reactive ketones (excluding diaryl/α,β-unsaturated/α-hetero) is 1. The molecule has 5 nitrogen and oxygen atoms in total. The third-order valence-electron chi connectivity index (χ3n) is 4.35. The summed E-state index contributed by atoms with van der Waals surface area (Å²) < 4.78 is 5.30.